The SMILES string of the molecule is COC(=O)c1nc(Cl)c(-c2cc(F)cc(F)c2)nc1N.COC(=O)c1nc(Cl)c(Cl)nc1N.Cc1cnc2ccc(-c3nc(C#N)c(N)nc3-c3cc(F)cc(F)c3)cn12.Cc1cnc2ccc(B(O)O)cn12.N#Cc1nc(Cl)c(-c2cc(F)cc(F)c2)nc1N.NC(=O)c1nc(Cl)c(-c2cc(F)cc(F)c2)nc1N.OB(O)c1cc(F)cc(F)c1. The Labute approximate surface area is 699 Å². The first-order chi connectivity index (χ1) is 57.1. The van der Waals surface area contributed by atoms with Gasteiger partial charge < -0.3 is 72.8 Å². The van der Waals surface area contributed by atoms with Crippen LogP contribution in [0.15, 0.2) is 140 Å². The molecule has 9 heterocycles. The van der Waals surface area contributed by atoms with Gasteiger partial charge in [0, 0.05) is 94.3 Å². The molecule has 0 spiro atoms. The van der Waals surface area contributed by atoms with E-state index in [1.165, 1.54) is 7.11 Å². The molecule has 14 rings (SSSR count). The topological polar surface area (TPSA) is 518 Å². The van der Waals surface area contributed by atoms with Crippen LogP contribution in [0.25, 0.3) is 67.6 Å². The molecule has 0 saturated carbocycles. The van der Waals surface area contributed by atoms with Gasteiger partial charge in [-0.1, -0.05) is 64.1 Å². The van der Waals surface area contributed by atoms with Crippen LogP contribution in [-0.2, 0) is 9.47 Å². The van der Waals surface area contributed by atoms with E-state index in [2.05, 4.69) is 69.3 Å². The lowest BCUT2D eigenvalue weighted by molar-refractivity contribution is 0.0586. The van der Waals surface area contributed by atoms with Gasteiger partial charge >= 0.3 is 26.2 Å². The minimum atomic E-state index is -1.83. The number of rotatable bonds is 10. The van der Waals surface area contributed by atoms with Gasteiger partial charge in [-0.15, -0.1) is 0 Å². The van der Waals surface area contributed by atoms with Crippen LogP contribution in [0.3, 0.4) is 0 Å². The zero-order valence-electron chi connectivity index (χ0n) is 61.6. The van der Waals surface area contributed by atoms with Gasteiger partial charge in [-0.25, -0.2) is 113 Å². The van der Waals surface area contributed by atoms with Crippen molar-refractivity contribution >= 4 is 141 Å². The zero-order chi connectivity index (χ0) is 89.3. The van der Waals surface area contributed by atoms with Crippen molar-refractivity contribution in [2.75, 3.05) is 42.9 Å². The maximum atomic E-state index is 13.7. The molecule has 0 aliphatic heterocycles. The second kappa shape index (κ2) is 40.9. The third-order valence-electron chi connectivity index (χ3n) is 15.3. The number of ether oxygens (including phenoxy) is 2. The number of benzene rings is 5. The number of imidazole rings is 2. The van der Waals surface area contributed by atoms with Gasteiger partial charge in [-0.05, 0) is 104 Å². The summed E-state index contributed by atoms with van der Waals surface area (Å²) in [6, 6.07) is 24.2. The standard InChI is InChI=1S/C19H12F2N6.C12H8ClF2N3O2.C11H7ClF2N4O.C11H5ClF2N4.C8H9BN2O2.C6H5BF2O2.C6H5Cl2N3O2/c1-10-8-24-16-3-2-11(9-27(10)16)17-18(26-19(23)15(7-22)25-17)12-4-13(20)6-14(21)5-12;1-20-12(19)9-11(16)18-8(10(13)17-9)5-2-6(14)4-7(15)3-5;12-9-7(4-1-5(13)3-6(14)2-4)18-10(15)8(17-9)11(16)19;12-10-9(18-11(16)8(4-15)17-10)5-1-6(13)3-7(14)2-5;1-6-4-10-8-3-2-7(9(12)13)5-11(6)8;8-5-1-4(7(10)11)2-6(9)3-5;1-13-6(12)2-5(9)11-4(8)3(7)10-2/h2-6,8-9H,1H3,(H2,23,26);2-4H,1H3,(H2,16,18);1-3H,(H2,15,18)(H2,16,19);1-3H,(H2,16,18);2-5,12-13H,1H3;1-3,10-11H;1H3,(H2,9,11). The number of carbonyl (C=O) groups is 3. The first kappa shape index (κ1) is 92.5. The molecule has 0 saturated heterocycles. The lowest BCUT2D eigenvalue weighted by Gasteiger charge is -2.11. The third-order valence-corrected chi connectivity index (χ3v) is 16.7. The van der Waals surface area contributed by atoms with Crippen molar-refractivity contribution in [3.63, 3.8) is 0 Å². The van der Waals surface area contributed by atoms with Crippen LogP contribution in [0.4, 0.5) is 73.0 Å². The van der Waals surface area contributed by atoms with Crippen molar-refractivity contribution in [2.24, 2.45) is 5.73 Å². The molecule has 1 amide bonds. The van der Waals surface area contributed by atoms with Gasteiger partial charge in [0.1, 0.15) is 98.7 Å². The lowest BCUT2D eigenvalue weighted by atomic mass is 9.80. The van der Waals surface area contributed by atoms with E-state index in [0.717, 1.165) is 103 Å². The number of nitrogens with zero attached hydrogens (tertiary/aromatic N) is 16. The number of methoxy groups -OCH3 is 2. The van der Waals surface area contributed by atoms with E-state index < -0.39 is 90.3 Å². The average Bonchev–Trinajstić information content (AvgIpc) is 1.75. The molecule has 0 bridgehead atoms. The number of hydrogen-bond donors (Lipinski definition) is 10. The van der Waals surface area contributed by atoms with E-state index in [9.17, 15) is 63.5 Å². The maximum absolute atomic E-state index is 13.7. The first-order valence-corrected chi connectivity index (χ1v) is 34.8. The highest BCUT2D eigenvalue weighted by molar-refractivity contribution is 6.59. The molecule has 0 radical (unpaired) electrons. The van der Waals surface area contributed by atoms with Crippen molar-refractivity contribution in [2.45, 2.75) is 13.8 Å². The zero-order valence-corrected chi connectivity index (χ0v) is 65.3. The Morgan fingerprint density at radius 1 is 0.380 bits per heavy atom. The van der Waals surface area contributed by atoms with Gasteiger partial charge in [0.25, 0.3) is 5.91 Å². The van der Waals surface area contributed by atoms with Gasteiger partial charge in [-0.2, -0.15) is 10.5 Å². The Bertz CT molecular complexity index is 6310. The number of aromatic nitrogens is 14. The summed E-state index contributed by atoms with van der Waals surface area (Å²) in [6.07, 6.45) is 6.90. The molecule has 618 valence electrons. The fourth-order valence-corrected chi connectivity index (χ4v) is 10.9. The van der Waals surface area contributed by atoms with Crippen molar-refractivity contribution < 1.29 is 87.9 Å². The molecule has 16 N–H and O–H groups in total. The minimum absolute atomic E-state index is 0.0200. The van der Waals surface area contributed by atoms with Crippen LogP contribution < -0.4 is 45.3 Å². The summed E-state index contributed by atoms with van der Waals surface area (Å²) in [4.78, 5) is 80.0. The molecular formula is C73H51B2Cl5F10N22O9. The fourth-order valence-electron chi connectivity index (χ4n) is 9.93. The number of fused-ring (bicyclic) bond motifs is 2. The highest BCUT2D eigenvalue weighted by atomic mass is 35.5. The first-order valence-electron chi connectivity index (χ1n) is 32.9. The predicted octanol–water partition coefficient (Wildman–Crippen LogP) is 10.3. The van der Waals surface area contributed by atoms with Gasteiger partial charge in [0.15, 0.2) is 83.3 Å². The molecule has 121 heavy (non-hydrogen) atoms. The highest BCUT2D eigenvalue weighted by Crippen LogP contribution is 2.35. The van der Waals surface area contributed by atoms with Crippen molar-refractivity contribution in [3.8, 4) is 68.4 Å². The van der Waals surface area contributed by atoms with Gasteiger partial charge in [-0.3, -0.25) is 4.79 Å². The van der Waals surface area contributed by atoms with Crippen LogP contribution in [0.5, 0.6) is 0 Å². The summed E-state index contributed by atoms with van der Waals surface area (Å²) in [5.74, 6) is -11.2. The van der Waals surface area contributed by atoms with Crippen LogP contribution in [0.1, 0.15) is 54.2 Å². The number of halogens is 15. The summed E-state index contributed by atoms with van der Waals surface area (Å²) < 4.78 is 143. The van der Waals surface area contributed by atoms with Crippen LogP contribution in [-0.4, -0.2) is 135 Å². The van der Waals surface area contributed by atoms with Crippen LogP contribution in [0, 0.1) is 94.7 Å². The van der Waals surface area contributed by atoms with Gasteiger partial charge in [0.05, 0.1) is 25.6 Å². The fraction of sp³-hybridized carbons (Fsp3) is 0.0548. The Balaban J connectivity index is 0.000000179. The molecule has 5 aromatic carbocycles. The van der Waals surface area contributed by atoms with Gasteiger partial charge in [0.2, 0.25) is 0 Å². The molecule has 0 aliphatic carbocycles. The molecular weight excluding hydrogens is 1720 g/mol. The number of primary amides is 1. The van der Waals surface area contributed by atoms with E-state index in [-0.39, 0.29) is 134 Å². The van der Waals surface area contributed by atoms with Crippen molar-refractivity contribution in [1.82, 2.24) is 68.6 Å². The molecule has 0 aliphatic rings. The average molecular weight is 1770 g/mol. The summed E-state index contributed by atoms with van der Waals surface area (Å²) in [7, 11) is -0.912. The quantitative estimate of drug-likeness (QED) is 0.0345. The van der Waals surface area contributed by atoms with E-state index >= 15 is 0 Å². The van der Waals surface area contributed by atoms with Crippen LogP contribution >= 0.6 is 58.0 Å². The van der Waals surface area contributed by atoms with E-state index in [1.54, 1.807) is 55.1 Å². The number of anilines is 5. The molecule has 0 atom stereocenters. The monoisotopic (exact) mass is 1770 g/mol. The van der Waals surface area contributed by atoms with E-state index in [4.69, 9.17) is 118 Å². The van der Waals surface area contributed by atoms with Crippen molar-refractivity contribution in [3.05, 3.63) is 264 Å². The number of hydrogen-bond acceptors (Lipinski definition) is 28. The number of nitrogen functional groups attached to an aromatic ring is 5. The normalized spacial score (nSPS) is 10.4. The predicted molar refractivity (Wildman–Crippen MR) is 424 cm³/mol. The number of carbonyl (C=O) groups excluding carboxylic acids is 3. The molecule has 14 aromatic rings. The molecule has 48 heteroatoms. The smallest absolute Gasteiger partial charge is 0.464 e. The maximum Gasteiger partial charge on any atom is 0.489 e. The number of nitrogens with two attached hydrogens (primary N) is 6. The van der Waals surface area contributed by atoms with E-state index in [1.807, 2.05) is 28.7 Å². The number of nitriles is 2. The van der Waals surface area contributed by atoms with Crippen LogP contribution in [0.2, 0.25) is 25.8 Å². The molecule has 31 nitrogen and oxygen atoms in total. The Morgan fingerprint density at radius 3 is 1.07 bits per heavy atom. The van der Waals surface area contributed by atoms with E-state index in [0.29, 0.717) is 34.9 Å². The summed E-state index contributed by atoms with van der Waals surface area (Å²) >= 11 is 28.5. The molecule has 9 aromatic heterocycles. The summed E-state index contributed by atoms with van der Waals surface area (Å²) in [5, 5.41) is 52.1. The Kier molecular flexibility index (Phi) is 31.3. The number of esters is 2. The lowest BCUT2D eigenvalue weighted by Crippen LogP contribution is -2.30. The Hall–Kier alpha value is -14.0. The Morgan fingerprint density at radius 2 is 0.686 bits per heavy atom. The third kappa shape index (κ3) is 24.1. The van der Waals surface area contributed by atoms with Crippen molar-refractivity contribution in [1.29, 1.82) is 10.5 Å². The molecule has 0 unspecified atom stereocenters. The second-order valence-electron chi connectivity index (χ2n) is 23.8. The minimum Gasteiger partial charge on any atom is -0.464 e. The number of amides is 1. The second-order valence-corrected chi connectivity index (χ2v) is 25.6. The largest absolute Gasteiger partial charge is 0.489 e. The highest BCUT2D eigenvalue weighted by Gasteiger charge is 2.24. The molecule has 0 fully saturated rings. The summed E-state index contributed by atoms with van der Waals surface area (Å²) in [5.41, 5.74) is 36.9. The number of pyridine rings is 2. The summed E-state index contributed by atoms with van der Waals surface area (Å²) in [6.45, 7) is 3.80. The number of aryl methyl sites for hydroxylation is 2.